The summed E-state index contributed by atoms with van der Waals surface area (Å²) in [6.07, 6.45) is -4.72. The molecular weight excluding hydrogens is 372 g/mol. The third kappa shape index (κ3) is 4.69. The molecule has 1 atom stereocenters. The van der Waals surface area contributed by atoms with Crippen LogP contribution < -0.4 is 5.32 Å². The summed E-state index contributed by atoms with van der Waals surface area (Å²) in [5.74, 6) is -0.978. The molecule has 0 spiro atoms. The van der Waals surface area contributed by atoms with Crippen LogP contribution in [0.2, 0.25) is 0 Å². The van der Waals surface area contributed by atoms with Gasteiger partial charge in [0.25, 0.3) is 0 Å². The minimum atomic E-state index is -4.72. The molecule has 1 N–H and O–H groups in total. The molecule has 0 bridgehead atoms. The molecular formula is C17H20F4N2O2S. The van der Waals surface area contributed by atoms with E-state index in [0.29, 0.717) is 17.7 Å². The van der Waals surface area contributed by atoms with Crippen molar-refractivity contribution in [2.45, 2.75) is 39.5 Å². The Morgan fingerprint density at radius 1 is 1.27 bits per heavy atom. The zero-order valence-electron chi connectivity index (χ0n) is 14.6. The quantitative estimate of drug-likeness (QED) is 0.802. The third-order valence-electron chi connectivity index (χ3n) is 3.92. The van der Waals surface area contributed by atoms with Crippen LogP contribution >= 0.6 is 11.8 Å². The summed E-state index contributed by atoms with van der Waals surface area (Å²) in [6.45, 7) is 4.82. The molecule has 1 aromatic rings. The van der Waals surface area contributed by atoms with Crippen LogP contribution in [0.25, 0.3) is 0 Å². The summed E-state index contributed by atoms with van der Waals surface area (Å²) < 4.78 is 52.2. The third-order valence-corrected chi connectivity index (χ3v) is 4.93. The maximum absolute atomic E-state index is 13.1. The molecule has 0 aromatic heterocycles. The first-order valence-electron chi connectivity index (χ1n) is 7.93. The van der Waals surface area contributed by atoms with Gasteiger partial charge in [-0.1, -0.05) is 26.8 Å². The number of halogens is 4. The first kappa shape index (κ1) is 20.5. The molecule has 2 rings (SSSR count). The van der Waals surface area contributed by atoms with Crippen LogP contribution in [0, 0.1) is 11.2 Å². The molecule has 0 aliphatic carbocycles. The second kappa shape index (κ2) is 7.46. The van der Waals surface area contributed by atoms with Crippen molar-refractivity contribution in [1.82, 2.24) is 10.2 Å². The molecule has 1 aliphatic heterocycles. The molecule has 144 valence electrons. The molecule has 2 amide bonds. The number of amides is 2. The van der Waals surface area contributed by atoms with Crippen LogP contribution in [0.4, 0.5) is 17.6 Å². The minimum Gasteiger partial charge on any atom is -0.350 e. The van der Waals surface area contributed by atoms with Gasteiger partial charge in [0.05, 0.1) is 11.4 Å². The van der Waals surface area contributed by atoms with Gasteiger partial charge in [0, 0.05) is 17.7 Å². The highest BCUT2D eigenvalue weighted by Gasteiger charge is 2.39. The summed E-state index contributed by atoms with van der Waals surface area (Å²) in [5.41, 5.74) is -2.02. The zero-order chi connectivity index (χ0) is 19.7. The number of nitrogens with zero attached hydrogens (tertiary/aromatic N) is 1. The number of hydrogen-bond acceptors (Lipinski definition) is 3. The maximum Gasteiger partial charge on any atom is 0.416 e. The summed E-state index contributed by atoms with van der Waals surface area (Å²) in [6, 6.07) is 1.58. The van der Waals surface area contributed by atoms with Crippen molar-refractivity contribution in [2.75, 3.05) is 11.6 Å². The fourth-order valence-corrected chi connectivity index (χ4v) is 3.71. The first-order chi connectivity index (χ1) is 11.9. The number of alkyl halides is 3. The van der Waals surface area contributed by atoms with E-state index in [1.54, 1.807) is 20.8 Å². The van der Waals surface area contributed by atoms with Gasteiger partial charge >= 0.3 is 6.18 Å². The molecule has 0 radical (unpaired) electrons. The Bertz CT molecular complexity index is 701. The van der Waals surface area contributed by atoms with E-state index in [2.05, 4.69) is 5.32 Å². The Balaban J connectivity index is 2.11. The SMILES string of the molecule is CC(C)(C)C(=O)N1CSCC1C(=O)NCc1ccc(F)cc1C(F)(F)F. The average Bonchev–Trinajstić information content (AvgIpc) is 3.00. The molecule has 0 saturated carbocycles. The van der Waals surface area contributed by atoms with E-state index in [4.69, 9.17) is 0 Å². The van der Waals surface area contributed by atoms with Crippen LogP contribution in [0.3, 0.4) is 0 Å². The van der Waals surface area contributed by atoms with Gasteiger partial charge in [0.1, 0.15) is 11.9 Å². The monoisotopic (exact) mass is 392 g/mol. The van der Waals surface area contributed by atoms with Crippen molar-refractivity contribution in [3.63, 3.8) is 0 Å². The molecule has 1 fully saturated rings. The summed E-state index contributed by atoms with van der Waals surface area (Å²) in [7, 11) is 0. The Hall–Kier alpha value is -1.77. The van der Waals surface area contributed by atoms with E-state index in [0.717, 1.165) is 12.1 Å². The van der Waals surface area contributed by atoms with Crippen molar-refractivity contribution < 1.29 is 27.2 Å². The van der Waals surface area contributed by atoms with Gasteiger partial charge in [0.2, 0.25) is 11.8 Å². The molecule has 4 nitrogen and oxygen atoms in total. The Labute approximate surface area is 153 Å². The standard InChI is InChI=1S/C17H20F4N2O2S/c1-16(2,3)15(25)23-9-26-8-13(23)14(24)22-7-10-4-5-11(18)6-12(10)17(19,20)21/h4-6,13H,7-9H2,1-3H3,(H,22,24). The normalized spacial score (nSPS) is 18.1. The largest absolute Gasteiger partial charge is 0.416 e. The maximum atomic E-state index is 13.1. The Kier molecular flexibility index (Phi) is 5.89. The van der Waals surface area contributed by atoms with Gasteiger partial charge in [-0.25, -0.2) is 4.39 Å². The second-order valence-corrected chi connectivity index (χ2v) is 8.06. The Morgan fingerprint density at radius 3 is 2.50 bits per heavy atom. The number of nitrogens with one attached hydrogen (secondary N) is 1. The number of carbonyl (C=O) groups is 2. The molecule has 1 aliphatic rings. The predicted octanol–water partition coefficient (Wildman–Crippen LogP) is 3.41. The number of benzene rings is 1. The minimum absolute atomic E-state index is 0.194. The van der Waals surface area contributed by atoms with Gasteiger partial charge in [-0.3, -0.25) is 9.59 Å². The lowest BCUT2D eigenvalue weighted by molar-refractivity contribution is -0.144. The van der Waals surface area contributed by atoms with Crippen LogP contribution in [0.5, 0.6) is 0 Å². The van der Waals surface area contributed by atoms with Gasteiger partial charge in [-0.15, -0.1) is 11.8 Å². The summed E-state index contributed by atoms with van der Waals surface area (Å²) >= 11 is 1.41. The molecule has 26 heavy (non-hydrogen) atoms. The van der Waals surface area contributed by atoms with E-state index in [1.165, 1.54) is 16.7 Å². The van der Waals surface area contributed by atoms with Crippen molar-refractivity contribution >= 4 is 23.6 Å². The van der Waals surface area contributed by atoms with E-state index >= 15 is 0 Å². The average molecular weight is 392 g/mol. The van der Waals surface area contributed by atoms with Crippen molar-refractivity contribution in [1.29, 1.82) is 0 Å². The summed E-state index contributed by atoms with van der Waals surface area (Å²) in [4.78, 5) is 26.3. The van der Waals surface area contributed by atoms with Crippen LogP contribution in [0.1, 0.15) is 31.9 Å². The molecule has 9 heteroatoms. The number of thioether (sulfide) groups is 1. The molecule has 1 heterocycles. The lowest BCUT2D eigenvalue weighted by atomic mass is 9.94. The lowest BCUT2D eigenvalue weighted by Crippen LogP contribution is -2.50. The Morgan fingerprint density at radius 2 is 1.92 bits per heavy atom. The molecule has 1 unspecified atom stereocenters. The second-order valence-electron chi connectivity index (χ2n) is 7.06. The van der Waals surface area contributed by atoms with Crippen LogP contribution in [-0.2, 0) is 22.3 Å². The molecule has 1 saturated heterocycles. The van der Waals surface area contributed by atoms with Gasteiger partial charge in [-0.05, 0) is 17.7 Å². The fourth-order valence-electron chi connectivity index (χ4n) is 2.56. The van der Waals surface area contributed by atoms with Gasteiger partial charge < -0.3 is 10.2 Å². The van der Waals surface area contributed by atoms with E-state index < -0.39 is 41.5 Å². The molecule has 1 aromatic carbocycles. The van der Waals surface area contributed by atoms with Crippen LogP contribution in [0.15, 0.2) is 18.2 Å². The predicted molar refractivity (Wildman–Crippen MR) is 90.7 cm³/mol. The van der Waals surface area contributed by atoms with Crippen molar-refractivity contribution in [2.24, 2.45) is 5.41 Å². The number of hydrogen-bond donors (Lipinski definition) is 1. The van der Waals surface area contributed by atoms with Gasteiger partial charge in [0.15, 0.2) is 0 Å². The van der Waals surface area contributed by atoms with E-state index in [-0.39, 0.29) is 11.5 Å². The number of carbonyl (C=O) groups excluding carboxylic acids is 2. The van der Waals surface area contributed by atoms with Crippen molar-refractivity contribution in [3.8, 4) is 0 Å². The van der Waals surface area contributed by atoms with Crippen LogP contribution in [-0.4, -0.2) is 34.4 Å². The summed E-state index contributed by atoms with van der Waals surface area (Å²) in [5, 5.41) is 2.44. The lowest BCUT2D eigenvalue weighted by Gasteiger charge is -2.29. The fraction of sp³-hybridized carbons (Fsp3) is 0.529. The highest BCUT2D eigenvalue weighted by molar-refractivity contribution is 7.99. The zero-order valence-corrected chi connectivity index (χ0v) is 15.4. The highest BCUT2D eigenvalue weighted by Crippen LogP contribution is 2.33. The smallest absolute Gasteiger partial charge is 0.350 e. The van der Waals surface area contributed by atoms with Gasteiger partial charge in [-0.2, -0.15) is 13.2 Å². The first-order valence-corrected chi connectivity index (χ1v) is 9.09. The number of rotatable bonds is 3. The topological polar surface area (TPSA) is 49.4 Å². The van der Waals surface area contributed by atoms with E-state index in [9.17, 15) is 27.2 Å². The van der Waals surface area contributed by atoms with E-state index in [1.807, 2.05) is 0 Å². The van der Waals surface area contributed by atoms with Crippen molar-refractivity contribution in [3.05, 3.63) is 35.1 Å². The highest BCUT2D eigenvalue weighted by atomic mass is 32.2.